The summed E-state index contributed by atoms with van der Waals surface area (Å²) >= 11 is 0. The van der Waals surface area contributed by atoms with Gasteiger partial charge in [0.05, 0.1) is 12.7 Å². The molecular weight excluding hydrogens is 258 g/mol. The van der Waals surface area contributed by atoms with Crippen LogP contribution in [0.3, 0.4) is 0 Å². The fourth-order valence-corrected chi connectivity index (χ4v) is 1.96. The van der Waals surface area contributed by atoms with Gasteiger partial charge in [-0.25, -0.2) is 4.79 Å². The first-order chi connectivity index (χ1) is 9.56. The van der Waals surface area contributed by atoms with Crippen LogP contribution >= 0.6 is 0 Å². The molecule has 0 amide bonds. The van der Waals surface area contributed by atoms with Crippen LogP contribution in [0, 0.1) is 6.92 Å². The van der Waals surface area contributed by atoms with E-state index in [9.17, 15) is 9.59 Å². The number of methoxy groups -OCH3 is 1. The van der Waals surface area contributed by atoms with Crippen molar-refractivity contribution in [2.24, 2.45) is 0 Å². The number of carbonyl (C=O) groups is 2. The molecule has 0 aromatic heterocycles. The number of aromatic carboxylic acids is 1. The van der Waals surface area contributed by atoms with Gasteiger partial charge >= 0.3 is 11.9 Å². The molecular formula is C15H21NO4. The van der Waals surface area contributed by atoms with Gasteiger partial charge in [0.2, 0.25) is 0 Å². The molecule has 1 rings (SSSR count). The number of benzene rings is 1. The van der Waals surface area contributed by atoms with Crippen LogP contribution in [-0.2, 0) is 9.53 Å². The first-order valence-corrected chi connectivity index (χ1v) is 6.70. The molecule has 0 unspecified atom stereocenters. The Labute approximate surface area is 118 Å². The molecule has 110 valence electrons. The Morgan fingerprint density at radius 2 is 2.00 bits per heavy atom. The molecule has 1 aromatic carbocycles. The number of esters is 1. The summed E-state index contributed by atoms with van der Waals surface area (Å²) < 4.78 is 4.57. The smallest absolute Gasteiger partial charge is 0.336 e. The summed E-state index contributed by atoms with van der Waals surface area (Å²) in [5.74, 6) is -1.09. The number of ether oxygens (including phenoxy) is 1. The molecule has 0 fully saturated rings. The predicted octanol–water partition coefficient (Wildman–Crippen LogP) is 2.84. The molecule has 0 aliphatic heterocycles. The summed E-state index contributed by atoms with van der Waals surface area (Å²) in [5.41, 5.74) is 1.91. The van der Waals surface area contributed by atoms with E-state index in [1.165, 1.54) is 7.11 Å². The molecule has 0 saturated carbocycles. The van der Waals surface area contributed by atoms with Crippen LogP contribution in [0.1, 0.15) is 41.6 Å². The molecule has 0 saturated heterocycles. The third-order valence-corrected chi connectivity index (χ3v) is 3.17. The molecule has 0 atom stereocenters. The lowest BCUT2D eigenvalue weighted by Gasteiger charge is -2.11. The molecule has 0 aliphatic carbocycles. The Bertz CT molecular complexity index is 471. The zero-order chi connectivity index (χ0) is 15.0. The average molecular weight is 279 g/mol. The Morgan fingerprint density at radius 1 is 1.25 bits per heavy atom. The minimum Gasteiger partial charge on any atom is -0.478 e. The highest BCUT2D eigenvalue weighted by atomic mass is 16.5. The number of carbonyl (C=O) groups excluding carboxylic acids is 1. The summed E-state index contributed by atoms with van der Waals surface area (Å²) in [7, 11) is 1.39. The number of carboxylic acids is 1. The fourth-order valence-electron chi connectivity index (χ4n) is 1.96. The van der Waals surface area contributed by atoms with Gasteiger partial charge in [-0.3, -0.25) is 4.79 Å². The Hall–Kier alpha value is -2.04. The predicted molar refractivity (Wildman–Crippen MR) is 77.1 cm³/mol. The van der Waals surface area contributed by atoms with E-state index in [-0.39, 0.29) is 5.97 Å². The molecule has 20 heavy (non-hydrogen) atoms. The van der Waals surface area contributed by atoms with E-state index in [4.69, 9.17) is 5.11 Å². The zero-order valence-electron chi connectivity index (χ0n) is 11.9. The molecule has 0 spiro atoms. The maximum atomic E-state index is 11.0. The molecule has 0 radical (unpaired) electrons. The molecule has 0 aliphatic rings. The van der Waals surface area contributed by atoms with E-state index < -0.39 is 5.97 Å². The quantitative estimate of drug-likeness (QED) is 0.565. The Kier molecular flexibility index (Phi) is 6.56. The van der Waals surface area contributed by atoms with Crippen LogP contribution in [0.2, 0.25) is 0 Å². The lowest BCUT2D eigenvalue weighted by Crippen LogP contribution is -2.07. The summed E-state index contributed by atoms with van der Waals surface area (Å²) in [6.45, 7) is 2.55. The van der Waals surface area contributed by atoms with E-state index in [1.54, 1.807) is 19.1 Å². The monoisotopic (exact) mass is 279 g/mol. The number of anilines is 1. The van der Waals surface area contributed by atoms with Gasteiger partial charge in [0.25, 0.3) is 0 Å². The van der Waals surface area contributed by atoms with Crippen molar-refractivity contribution < 1.29 is 19.4 Å². The standard InChI is InChI=1S/C15H21NO4/c1-11-12(15(18)19)7-6-8-13(11)16-10-5-3-4-9-14(17)20-2/h6-8,16H,3-5,9-10H2,1-2H3,(H,18,19). The molecule has 2 N–H and O–H groups in total. The zero-order valence-corrected chi connectivity index (χ0v) is 11.9. The second kappa shape index (κ2) is 8.19. The normalized spacial score (nSPS) is 10.1. The van der Waals surface area contributed by atoms with Gasteiger partial charge in [-0.05, 0) is 37.5 Å². The summed E-state index contributed by atoms with van der Waals surface area (Å²) in [5, 5.41) is 12.3. The Morgan fingerprint density at radius 3 is 2.65 bits per heavy atom. The fraction of sp³-hybridized carbons (Fsp3) is 0.467. The highest BCUT2D eigenvalue weighted by Crippen LogP contribution is 2.19. The van der Waals surface area contributed by atoms with Crippen LogP contribution < -0.4 is 5.32 Å². The third kappa shape index (κ3) is 4.91. The van der Waals surface area contributed by atoms with Crippen LogP contribution in [0.25, 0.3) is 0 Å². The minimum absolute atomic E-state index is 0.178. The number of rotatable bonds is 8. The summed E-state index contributed by atoms with van der Waals surface area (Å²) in [6, 6.07) is 5.20. The van der Waals surface area contributed by atoms with Crippen molar-refractivity contribution in [2.75, 3.05) is 19.0 Å². The van der Waals surface area contributed by atoms with Crippen LogP contribution in [-0.4, -0.2) is 30.7 Å². The van der Waals surface area contributed by atoms with E-state index in [0.29, 0.717) is 12.0 Å². The van der Waals surface area contributed by atoms with Gasteiger partial charge in [0, 0.05) is 18.7 Å². The number of carboxylic acid groups (broad SMARTS) is 1. The van der Waals surface area contributed by atoms with Gasteiger partial charge in [-0.1, -0.05) is 12.5 Å². The molecule has 5 nitrogen and oxygen atoms in total. The Balaban J connectivity index is 2.34. The minimum atomic E-state index is -0.913. The van der Waals surface area contributed by atoms with Gasteiger partial charge in [-0.2, -0.15) is 0 Å². The first-order valence-electron chi connectivity index (χ1n) is 6.70. The van der Waals surface area contributed by atoms with Crippen LogP contribution in [0.4, 0.5) is 5.69 Å². The van der Waals surface area contributed by atoms with Crippen LogP contribution in [0.15, 0.2) is 18.2 Å². The third-order valence-electron chi connectivity index (χ3n) is 3.17. The van der Waals surface area contributed by atoms with Gasteiger partial charge < -0.3 is 15.2 Å². The van der Waals surface area contributed by atoms with E-state index >= 15 is 0 Å². The van der Waals surface area contributed by atoms with Gasteiger partial charge in [0.15, 0.2) is 0 Å². The first kappa shape index (κ1) is 16.0. The number of nitrogens with one attached hydrogen (secondary N) is 1. The largest absolute Gasteiger partial charge is 0.478 e. The van der Waals surface area contributed by atoms with E-state index in [1.807, 2.05) is 6.07 Å². The van der Waals surface area contributed by atoms with Crippen molar-refractivity contribution in [1.82, 2.24) is 0 Å². The van der Waals surface area contributed by atoms with Crippen molar-refractivity contribution >= 4 is 17.6 Å². The lowest BCUT2D eigenvalue weighted by atomic mass is 10.1. The van der Waals surface area contributed by atoms with Crippen molar-refractivity contribution in [1.29, 1.82) is 0 Å². The highest BCUT2D eigenvalue weighted by Gasteiger charge is 2.09. The second-order valence-electron chi connectivity index (χ2n) is 4.60. The highest BCUT2D eigenvalue weighted by molar-refractivity contribution is 5.91. The second-order valence-corrected chi connectivity index (χ2v) is 4.60. The van der Waals surface area contributed by atoms with Crippen molar-refractivity contribution in [2.45, 2.75) is 32.6 Å². The molecule has 0 heterocycles. The van der Waals surface area contributed by atoms with E-state index in [2.05, 4.69) is 10.1 Å². The van der Waals surface area contributed by atoms with Crippen molar-refractivity contribution in [3.63, 3.8) is 0 Å². The molecule has 5 heteroatoms. The summed E-state index contributed by atoms with van der Waals surface area (Å²) in [6.07, 6.45) is 3.11. The molecule has 0 bridgehead atoms. The van der Waals surface area contributed by atoms with Crippen molar-refractivity contribution in [3.8, 4) is 0 Å². The number of hydrogen-bond donors (Lipinski definition) is 2. The van der Waals surface area contributed by atoms with Crippen molar-refractivity contribution in [3.05, 3.63) is 29.3 Å². The van der Waals surface area contributed by atoms with Gasteiger partial charge in [0.1, 0.15) is 0 Å². The summed E-state index contributed by atoms with van der Waals surface area (Å²) in [4.78, 5) is 21.9. The maximum absolute atomic E-state index is 11.0. The average Bonchev–Trinajstić information content (AvgIpc) is 2.43. The molecule has 1 aromatic rings. The van der Waals surface area contributed by atoms with Crippen LogP contribution in [0.5, 0.6) is 0 Å². The van der Waals surface area contributed by atoms with Gasteiger partial charge in [-0.15, -0.1) is 0 Å². The lowest BCUT2D eigenvalue weighted by molar-refractivity contribution is -0.140. The van der Waals surface area contributed by atoms with E-state index in [0.717, 1.165) is 37.1 Å². The number of unbranched alkanes of at least 4 members (excludes halogenated alkanes) is 2. The maximum Gasteiger partial charge on any atom is 0.336 e. The topological polar surface area (TPSA) is 75.6 Å². The SMILES string of the molecule is COC(=O)CCCCCNc1cccc(C(=O)O)c1C. The number of hydrogen-bond acceptors (Lipinski definition) is 4.